The van der Waals surface area contributed by atoms with Crippen LogP contribution in [-0.4, -0.2) is 39.8 Å². The van der Waals surface area contributed by atoms with Gasteiger partial charge in [0.25, 0.3) is 0 Å². The Labute approximate surface area is 138 Å². The molecule has 8 heteroatoms. The van der Waals surface area contributed by atoms with Crippen molar-refractivity contribution in [1.82, 2.24) is 14.8 Å². The van der Waals surface area contributed by atoms with Gasteiger partial charge in [0, 0.05) is 5.71 Å². The normalized spacial score (nSPS) is 21.2. The van der Waals surface area contributed by atoms with Crippen molar-refractivity contribution in [3.05, 3.63) is 30.1 Å². The first-order chi connectivity index (χ1) is 11.7. The Bertz CT molecular complexity index is 829. The van der Waals surface area contributed by atoms with Gasteiger partial charge in [-0.3, -0.25) is 4.79 Å². The molecule has 2 atom stereocenters. The van der Waals surface area contributed by atoms with Gasteiger partial charge in [-0.15, -0.1) is 0 Å². The topological polar surface area (TPSA) is 87.8 Å². The van der Waals surface area contributed by atoms with Gasteiger partial charge in [-0.05, 0) is 31.5 Å². The fourth-order valence-electron chi connectivity index (χ4n) is 3.08. The number of ether oxygens (including phenoxy) is 3. The van der Waals surface area contributed by atoms with Crippen molar-refractivity contribution in [3.63, 3.8) is 0 Å². The third-order valence-electron chi connectivity index (χ3n) is 4.14. The molecule has 1 aromatic heterocycles. The van der Waals surface area contributed by atoms with Gasteiger partial charge in [-0.25, -0.2) is 9.67 Å². The average molecular weight is 328 g/mol. The van der Waals surface area contributed by atoms with Crippen molar-refractivity contribution in [3.8, 4) is 11.5 Å². The Morgan fingerprint density at radius 2 is 2.21 bits per heavy atom. The Hall–Kier alpha value is -2.90. The quantitative estimate of drug-likeness (QED) is 0.800. The number of esters is 1. The van der Waals surface area contributed by atoms with Crippen LogP contribution in [0.25, 0.3) is 0 Å². The highest BCUT2D eigenvalue weighted by molar-refractivity contribution is 6.03. The summed E-state index contributed by atoms with van der Waals surface area (Å²) in [5, 5.41) is 4.25. The molecule has 0 saturated heterocycles. The van der Waals surface area contributed by atoms with E-state index in [0.717, 1.165) is 5.56 Å². The van der Waals surface area contributed by atoms with Gasteiger partial charge in [0.05, 0.1) is 12.6 Å². The molecule has 0 spiro atoms. The van der Waals surface area contributed by atoms with Crippen molar-refractivity contribution in [1.29, 1.82) is 0 Å². The van der Waals surface area contributed by atoms with Gasteiger partial charge >= 0.3 is 5.97 Å². The molecule has 124 valence electrons. The lowest BCUT2D eigenvalue weighted by atomic mass is 9.88. The summed E-state index contributed by atoms with van der Waals surface area (Å²) in [5.41, 5.74) is 1.51. The standard InChI is InChI=1S/C16H16N4O4/c1-3-22-15(21)13-9(2)19-16-17-7-18-20(16)14(13)10-4-5-11-12(6-10)24-8-23-11/h4-7,13-14H,3,8H2,1-2H3. The average Bonchev–Trinajstić information content (AvgIpc) is 3.21. The van der Waals surface area contributed by atoms with Gasteiger partial charge in [0.15, 0.2) is 11.5 Å². The molecule has 0 bridgehead atoms. The summed E-state index contributed by atoms with van der Waals surface area (Å²) in [7, 11) is 0. The van der Waals surface area contributed by atoms with Crippen LogP contribution in [0.15, 0.2) is 29.5 Å². The Morgan fingerprint density at radius 1 is 1.38 bits per heavy atom. The first-order valence-corrected chi connectivity index (χ1v) is 7.70. The molecule has 2 aliphatic heterocycles. The molecule has 0 saturated carbocycles. The highest BCUT2D eigenvalue weighted by atomic mass is 16.7. The minimum absolute atomic E-state index is 0.194. The first kappa shape index (κ1) is 14.7. The van der Waals surface area contributed by atoms with Crippen LogP contribution in [0.4, 0.5) is 5.95 Å². The summed E-state index contributed by atoms with van der Waals surface area (Å²) in [4.78, 5) is 21.1. The maximum Gasteiger partial charge on any atom is 0.317 e. The number of carbonyl (C=O) groups is 1. The molecule has 4 rings (SSSR count). The monoisotopic (exact) mass is 328 g/mol. The predicted molar refractivity (Wildman–Crippen MR) is 83.6 cm³/mol. The molecular formula is C16H16N4O4. The second-order valence-electron chi connectivity index (χ2n) is 5.55. The number of aromatic nitrogens is 3. The van der Waals surface area contributed by atoms with Gasteiger partial charge in [0.1, 0.15) is 12.2 Å². The smallest absolute Gasteiger partial charge is 0.317 e. The molecule has 0 N–H and O–H groups in total. The summed E-state index contributed by atoms with van der Waals surface area (Å²) >= 11 is 0. The summed E-state index contributed by atoms with van der Waals surface area (Å²) in [6.45, 7) is 4.09. The third-order valence-corrected chi connectivity index (χ3v) is 4.14. The van der Waals surface area contributed by atoms with E-state index in [2.05, 4.69) is 15.1 Å². The second-order valence-corrected chi connectivity index (χ2v) is 5.55. The number of nitrogens with zero attached hydrogens (tertiary/aromatic N) is 4. The molecule has 2 aliphatic rings. The molecule has 0 radical (unpaired) electrons. The first-order valence-electron chi connectivity index (χ1n) is 7.70. The summed E-state index contributed by atoms with van der Waals surface area (Å²) < 4.78 is 17.7. The highest BCUT2D eigenvalue weighted by Gasteiger charge is 2.40. The van der Waals surface area contributed by atoms with Crippen LogP contribution in [0.3, 0.4) is 0 Å². The lowest BCUT2D eigenvalue weighted by Gasteiger charge is -2.29. The van der Waals surface area contributed by atoms with Crippen molar-refractivity contribution in [2.24, 2.45) is 10.9 Å². The summed E-state index contributed by atoms with van der Waals surface area (Å²) in [6, 6.07) is 5.20. The molecule has 0 aliphatic carbocycles. The van der Waals surface area contributed by atoms with E-state index in [1.807, 2.05) is 18.2 Å². The SMILES string of the molecule is CCOC(=O)C1C(C)=Nc2ncnn2C1c1ccc2c(c1)OCO2. The zero-order valence-electron chi connectivity index (χ0n) is 13.3. The van der Waals surface area contributed by atoms with Gasteiger partial charge in [-0.2, -0.15) is 10.1 Å². The van der Waals surface area contributed by atoms with Crippen molar-refractivity contribution >= 4 is 17.6 Å². The Kier molecular flexibility index (Phi) is 3.44. The molecular weight excluding hydrogens is 312 g/mol. The molecule has 1 aromatic carbocycles. The Balaban J connectivity index is 1.82. The van der Waals surface area contributed by atoms with E-state index >= 15 is 0 Å². The van der Waals surface area contributed by atoms with E-state index in [-0.39, 0.29) is 12.8 Å². The molecule has 0 amide bonds. The number of fused-ring (bicyclic) bond motifs is 2. The van der Waals surface area contributed by atoms with E-state index in [0.29, 0.717) is 29.8 Å². The maximum absolute atomic E-state index is 12.5. The highest BCUT2D eigenvalue weighted by Crippen LogP contribution is 2.40. The van der Waals surface area contributed by atoms with Crippen LogP contribution >= 0.6 is 0 Å². The van der Waals surface area contributed by atoms with Crippen LogP contribution in [0.1, 0.15) is 25.5 Å². The molecule has 3 heterocycles. The minimum atomic E-state index is -0.570. The van der Waals surface area contributed by atoms with Crippen molar-refractivity contribution in [2.45, 2.75) is 19.9 Å². The van der Waals surface area contributed by atoms with Crippen LogP contribution in [-0.2, 0) is 9.53 Å². The number of benzene rings is 1. The molecule has 0 fully saturated rings. The Morgan fingerprint density at radius 3 is 3.04 bits per heavy atom. The van der Waals surface area contributed by atoms with Crippen LogP contribution in [0.2, 0.25) is 0 Å². The largest absolute Gasteiger partial charge is 0.465 e. The number of hydrogen-bond acceptors (Lipinski definition) is 7. The van der Waals surface area contributed by atoms with E-state index in [4.69, 9.17) is 14.2 Å². The van der Waals surface area contributed by atoms with E-state index in [1.54, 1.807) is 18.5 Å². The van der Waals surface area contributed by atoms with Crippen LogP contribution in [0.5, 0.6) is 11.5 Å². The minimum Gasteiger partial charge on any atom is -0.465 e. The van der Waals surface area contributed by atoms with Crippen molar-refractivity contribution in [2.75, 3.05) is 13.4 Å². The van der Waals surface area contributed by atoms with Gasteiger partial charge < -0.3 is 14.2 Å². The van der Waals surface area contributed by atoms with Crippen molar-refractivity contribution < 1.29 is 19.0 Å². The van der Waals surface area contributed by atoms with Crippen LogP contribution < -0.4 is 9.47 Å². The maximum atomic E-state index is 12.5. The zero-order valence-corrected chi connectivity index (χ0v) is 13.3. The van der Waals surface area contributed by atoms with E-state index in [9.17, 15) is 4.79 Å². The summed E-state index contributed by atoms with van der Waals surface area (Å²) in [5.74, 6) is 0.904. The van der Waals surface area contributed by atoms with E-state index < -0.39 is 12.0 Å². The van der Waals surface area contributed by atoms with E-state index in [1.165, 1.54) is 6.33 Å². The van der Waals surface area contributed by atoms with Gasteiger partial charge in [0.2, 0.25) is 12.7 Å². The lowest BCUT2D eigenvalue weighted by Crippen LogP contribution is -2.37. The zero-order chi connectivity index (χ0) is 16.7. The number of hydrogen-bond donors (Lipinski definition) is 0. The lowest BCUT2D eigenvalue weighted by molar-refractivity contribution is -0.146. The summed E-state index contributed by atoms with van der Waals surface area (Å²) in [6.07, 6.45) is 1.43. The van der Waals surface area contributed by atoms with Gasteiger partial charge in [-0.1, -0.05) is 6.07 Å². The second kappa shape index (κ2) is 5.63. The van der Waals surface area contributed by atoms with Crippen LogP contribution in [0, 0.1) is 5.92 Å². The molecule has 8 nitrogen and oxygen atoms in total. The number of rotatable bonds is 3. The fraction of sp³-hybridized carbons (Fsp3) is 0.375. The number of carbonyl (C=O) groups excluding carboxylic acids is 1. The third kappa shape index (κ3) is 2.22. The fourth-order valence-corrected chi connectivity index (χ4v) is 3.08. The molecule has 24 heavy (non-hydrogen) atoms. The predicted octanol–water partition coefficient (Wildman–Crippen LogP) is 1.88. The number of aliphatic imine (C=N–C) groups is 1. The molecule has 2 aromatic rings. The molecule has 2 unspecified atom stereocenters.